The van der Waals surface area contributed by atoms with Crippen molar-refractivity contribution in [3.8, 4) is 0 Å². The van der Waals surface area contributed by atoms with Crippen LogP contribution < -0.4 is 10.6 Å². The molecule has 3 heteroatoms. The zero-order valence-electron chi connectivity index (χ0n) is 24.1. The first-order chi connectivity index (χ1) is 20.6. The van der Waals surface area contributed by atoms with Crippen molar-refractivity contribution in [1.29, 1.82) is 0 Å². The molecular formula is C39H37NOP+. The van der Waals surface area contributed by atoms with Crippen LogP contribution in [0.2, 0.25) is 0 Å². The molecule has 2 nitrogen and oxygen atoms in total. The Kier molecular flexibility index (Phi) is 7.28. The maximum atomic E-state index is 11.8. The SMILES string of the molecule is C[P+](C1=CCCC=C1)(c1ccccc1)c1ccc2[nH]c3ccc(C(C4=CCCC=C4)C(O)c4ccccc4)cc3c2c1. The molecule has 0 radical (unpaired) electrons. The van der Waals surface area contributed by atoms with Gasteiger partial charge in [0.05, 0.1) is 18.1 Å². The van der Waals surface area contributed by atoms with E-state index in [2.05, 4.69) is 115 Å². The largest absolute Gasteiger partial charge is 0.387 e. The zero-order chi connectivity index (χ0) is 28.5. The van der Waals surface area contributed by atoms with Gasteiger partial charge in [-0.05, 0) is 97.0 Å². The highest BCUT2D eigenvalue weighted by Gasteiger charge is 2.41. The average Bonchev–Trinajstić information content (AvgIpc) is 3.43. The second-order valence-electron chi connectivity index (χ2n) is 11.6. The molecule has 2 aliphatic rings. The molecule has 2 N–H and O–H groups in total. The Morgan fingerprint density at radius 1 is 0.643 bits per heavy atom. The summed E-state index contributed by atoms with van der Waals surface area (Å²) in [4.78, 5) is 3.68. The molecule has 0 aliphatic heterocycles. The van der Waals surface area contributed by atoms with Gasteiger partial charge in [0.25, 0.3) is 0 Å². The lowest BCUT2D eigenvalue weighted by Gasteiger charge is -2.27. The van der Waals surface area contributed by atoms with Gasteiger partial charge in [-0.15, -0.1) is 0 Å². The Balaban J connectivity index is 1.39. The van der Waals surface area contributed by atoms with Crippen LogP contribution in [0.4, 0.5) is 0 Å². The van der Waals surface area contributed by atoms with Gasteiger partial charge in [-0.2, -0.15) is 0 Å². The lowest BCUT2D eigenvalue weighted by molar-refractivity contribution is 0.158. The number of hydrogen-bond acceptors (Lipinski definition) is 1. The van der Waals surface area contributed by atoms with E-state index < -0.39 is 13.4 Å². The number of aliphatic hydroxyl groups excluding tert-OH is 1. The molecule has 0 saturated carbocycles. The Bertz CT molecular complexity index is 1860. The third kappa shape index (κ3) is 4.79. The molecule has 1 aromatic heterocycles. The van der Waals surface area contributed by atoms with Gasteiger partial charge in [0.2, 0.25) is 0 Å². The summed E-state index contributed by atoms with van der Waals surface area (Å²) in [5.41, 5.74) is 5.55. The van der Waals surface area contributed by atoms with Crippen LogP contribution in [-0.2, 0) is 0 Å². The highest BCUT2D eigenvalue weighted by Crippen LogP contribution is 2.61. The first-order valence-electron chi connectivity index (χ1n) is 15.1. The van der Waals surface area contributed by atoms with Crippen molar-refractivity contribution in [3.63, 3.8) is 0 Å². The highest BCUT2D eigenvalue weighted by molar-refractivity contribution is 7.92. The topological polar surface area (TPSA) is 36.0 Å². The van der Waals surface area contributed by atoms with E-state index in [0.717, 1.165) is 47.8 Å². The van der Waals surface area contributed by atoms with Gasteiger partial charge in [-0.1, -0.05) is 78.9 Å². The summed E-state index contributed by atoms with van der Waals surface area (Å²) in [5, 5.41) is 18.5. The van der Waals surface area contributed by atoms with Crippen LogP contribution in [-0.4, -0.2) is 16.8 Å². The molecule has 42 heavy (non-hydrogen) atoms. The summed E-state index contributed by atoms with van der Waals surface area (Å²) in [5.74, 6) is -0.138. The van der Waals surface area contributed by atoms with Crippen LogP contribution in [0.3, 0.4) is 0 Å². The van der Waals surface area contributed by atoms with E-state index in [9.17, 15) is 5.11 Å². The quantitative estimate of drug-likeness (QED) is 0.189. The van der Waals surface area contributed by atoms with E-state index in [1.165, 1.54) is 32.3 Å². The van der Waals surface area contributed by atoms with E-state index in [4.69, 9.17) is 0 Å². The van der Waals surface area contributed by atoms with E-state index in [1.807, 2.05) is 30.3 Å². The van der Waals surface area contributed by atoms with Crippen molar-refractivity contribution < 1.29 is 5.11 Å². The molecule has 3 unspecified atom stereocenters. The Hall–Kier alpha value is -3.97. The molecule has 208 valence electrons. The molecule has 7 rings (SSSR count). The number of benzene rings is 4. The maximum Gasteiger partial charge on any atom is 0.108 e. The van der Waals surface area contributed by atoms with Crippen molar-refractivity contribution in [1.82, 2.24) is 4.98 Å². The van der Waals surface area contributed by atoms with Gasteiger partial charge in [-0.3, -0.25) is 0 Å². The van der Waals surface area contributed by atoms with Crippen molar-refractivity contribution in [3.05, 3.63) is 156 Å². The normalized spacial score (nSPS) is 18.0. The molecule has 3 atom stereocenters. The molecule has 0 saturated heterocycles. The fourth-order valence-electron chi connectivity index (χ4n) is 6.74. The van der Waals surface area contributed by atoms with Crippen LogP contribution in [0.15, 0.2) is 144 Å². The second-order valence-corrected chi connectivity index (χ2v) is 15.2. The predicted molar refractivity (Wildman–Crippen MR) is 181 cm³/mol. The first kappa shape index (κ1) is 26.9. The van der Waals surface area contributed by atoms with Gasteiger partial charge in [0.15, 0.2) is 0 Å². The van der Waals surface area contributed by atoms with Gasteiger partial charge in [0.1, 0.15) is 17.9 Å². The molecule has 0 spiro atoms. The molecule has 1 heterocycles. The Morgan fingerprint density at radius 2 is 1.31 bits per heavy atom. The second kappa shape index (κ2) is 11.4. The van der Waals surface area contributed by atoms with Crippen LogP contribution >= 0.6 is 7.26 Å². The molecule has 4 aromatic carbocycles. The van der Waals surface area contributed by atoms with Gasteiger partial charge < -0.3 is 10.1 Å². The van der Waals surface area contributed by atoms with E-state index >= 15 is 0 Å². The lowest BCUT2D eigenvalue weighted by Crippen LogP contribution is -2.22. The monoisotopic (exact) mass is 566 g/mol. The number of hydrogen-bond donors (Lipinski definition) is 2. The van der Waals surface area contributed by atoms with Crippen LogP contribution in [0.25, 0.3) is 21.8 Å². The molecule has 5 aromatic rings. The van der Waals surface area contributed by atoms with Crippen molar-refractivity contribution in [2.45, 2.75) is 37.7 Å². The Morgan fingerprint density at radius 3 is 2.00 bits per heavy atom. The van der Waals surface area contributed by atoms with Gasteiger partial charge in [-0.25, -0.2) is 0 Å². The Labute approximate surface area is 249 Å². The van der Waals surface area contributed by atoms with Crippen LogP contribution in [0.1, 0.15) is 48.8 Å². The highest BCUT2D eigenvalue weighted by atomic mass is 31.2. The lowest BCUT2D eigenvalue weighted by atomic mass is 9.81. The molecule has 2 aliphatic carbocycles. The van der Waals surface area contributed by atoms with Crippen molar-refractivity contribution in [2.75, 3.05) is 6.66 Å². The smallest absolute Gasteiger partial charge is 0.108 e. The molecule has 0 bridgehead atoms. The number of allylic oxidation sites excluding steroid dienone is 7. The number of aliphatic hydroxyl groups is 1. The summed E-state index contributed by atoms with van der Waals surface area (Å²) >= 11 is 0. The zero-order valence-corrected chi connectivity index (χ0v) is 25.0. The number of aromatic nitrogens is 1. The molecule has 0 fully saturated rings. The fourth-order valence-corrected chi connectivity index (χ4v) is 10.1. The van der Waals surface area contributed by atoms with Crippen molar-refractivity contribution in [2.24, 2.45) is 0 Å². The third-order valence-electron chi connectivity index (χ3n) is 9.09. The number of nitrogens with one attached hydrogen (secondary N) is 1. The predicted octanol–water partition coefficient (Wildman–Crippen LogP) is 9.25. The average molecular weight is 567 g/mol. The maximum absolute atomic E-state index is 11.8. The molecular weight excluding hydrogens is 529 g/mol. The van der Waals surface area contributed by atoms with Crippen LogP contribution in [0.5, 0.6) is 0 Å². The standard InChI is InChI=1S/C39H37NOP/c1-42(31-18-10-4-11-19-31,32-20-12-5-13-21-32)33-23-25-37-35(27-33)34-26-30(22-24-36(34)40-37)38(28-14-6-2-7-15-28)39(41)29-16-8-3-9-17-29/h3-4,6,8-12,14-27,38-41H,2,5,7,13H2,1H3/q+1. The number of aromatic amines is 1. The summed E-state index contributed by atoms with van der Waals surface area (Å²) < 4.78 is 0. The van der Waals surface area contributed by atoms with Gasteiger partial charge in [0, 0.05) is 27.7 Å². The van der Waals surface area contributed by atoms with Gasteiger partial charge >= 0.3 is 0 Å². The third-order valence-corrected chi connectivity index (χ3v) is 13.1. The first-order valence-corrected chi connectivity index (χ1v) is 17.3. The number of rotatable bonds is 7. The van der Waals surface area contributed by atoms with E-state index in [0.29, 0.717) is 0 Å². The molecule has 0 amide bonds. The minimum absolute atomic E-state index is 0.138. The number of H-pyrrole nitrogens is 1. The summed E-state index contributed by atoms with van der Waals surface area (Å²) in [6.45, 7) is 2.47. The summed E-state index contributed by atoms with van der Waals surface area (Å²) in [6.07, 6.45) is 17.5. The van der Waals surface area contributed by atoms with Crippen molar-refractivity contribution >= 4 is 39.7 Å². The van der Waals surface area contributed by atoms with E-state index in [-0.39, 0.29) is 5.92 Å². The number of fused-ring (bicyclic) bond motifs is 3. The minimum Gasteiger partial charge on any atom is -0.387 e. The van der Waals surface area contributed by atoms with Crippen LogP contribution in [0, 0.1) is 0 Å². The van der Waals surface area contributed by atoms with E-state index in [1.54, 1.807) is 0 Å². The summed E-state index contributed by atoms with van der Waals surface area (Å²) in [7, 11) is -1.81. The fraction of sp³-hybridized carbons (Fsp3) is 0.179. The minimum atomic E-state index is -1.81. The summed E-state index contributed by atoms with van der Waals surface area (Å²) in [6, 6.07) is 34.9.